The highest BCUT2D eigenvalue weighted by Crippen LogP contribution is 2.16. The van der Waals surface area contributed by atoms with Crippen LogP contribution in [0.1, 0.15) is 35.2 Å². The summed E-state index contributed by atoms with van der Waals surface area (Å²) in [6, 6.07) is 16.7. The molecule has 3 rings (SSSR count). The average molecular weight is 382 g/mol. The molecule has 1 aliphatic rings. The second-order valence-electron chi connectivity index (χ2n) is 6.60. The van der Waals surface area contributed by atoms with Gasteiger partial charge in [-0.25, -0.2) is 0 Å². The van der Waals surface area contributed by atoms with Gasteiger partial charge in [-0.3, -0.25) is 9.59 Å². The maximum absolute atomic E-state index is 12.6. The highest BCUT2D eigenvalue weighted by Gasteiger charge is 2.18. The molecule has 0 radical (unpaired) electrons. The first-order valence-electron chi connectivity index (χ1n) is 9.16. The lowest BCUT2D eigenvalue weighted by Crippen LogP contribution is -2.36. The van der Waals surface area contributed by atoms with Crippen LogP contribution in [-0.2, 0) is 11.2 Å². The van der Waals surface area contributed by atoms with E-state index in [0.29, 0.717) is 11.3 Å². The summed E-state index contributed by atoms with van der Waals surface area (Å²) in [6.07, 6.45) is 3.56. The molecule has 140 valence electrons. The summed E-state index contributed by atoms with van der Waals surface area (Å²) in [5.41, 5.74) is 2.23. The van der Waals surface area contributed by atoms with Gasteiger partial charge in [-0.15, -0.1) is 0 Å². The summed E-state index contributed by atoms with van der Waals surface area (Å²) in [5.74, 6) is -0.142. The summed E-state index contributed by atoms with van der Waals surface area (Å²) in [6.45, 7) is 1.62. The van der Waals surface area contributed by atoms with E-state index >= 15 is 0 Å². The van der Waals surface area contributed by atoms with Crippen molar-refractivity contribution in [2.24, 2.45) is 0 Å². The largest absolute Gasteiger partial charge is 0.339 e. The molecule has 5 nitrogen and oxygen atoms in total. The lowest BCUT2D eigenvalue weighted by molar-refractivity contribution is -0.119. The maximum atomic E-state index is 12.6. The molecular formula is C21H23N3O2S. The highest BCUT2D eigenvalue weighted by molar-refractivity contribution is 7.80. The van der Waals surface area contributed by atoms with Crippen LogP contribution in [0, 0.1) is 0 Å². The number of rotatable bonds is 4. The summed E-state index contributed by atoms with van der Waals surface area (Å²) < 4.78 is 0. The predicted molar refractivity (Wildman–Crippen MR) is 111 cm³/mol. The smallest absolute Gasteiger partial charge is 0.253 e. The molecule has 27 heavy (non-hydrogen) atoms. The molecule has 0 bridgehead atoms. The molecule has 6 heteroatoms. The van der Waals surface area contributed by atoms with Crippen molar-refractivity contribution in [1.29, 1.82) is 0 Å². The molecule has 2 aromatic carbocycles. The monoisotopic (exact) mass is 381 g/mol. The molecular weight excluding hydrogens is 358 g/mol. The number of piperidine rings is 1. The third kappa shape index (κ3) is 5.62. The Balaban J connectivity index is 1.56. The maximum Gasteiger partial charge on any atom is 0.253 e. The topological polar surface area (TPSA) is 61.4 Å². The number of likely N-dealkylation sites (tertiary alicyclic amines) is 1. The Kier molecular flexibility index (Phi) is 6.54. The van der Waals surface area contributed by atoms with Crippen LogP contribution < -0.4 is 10.6 Å². The van der Waals surface area contributed by atoms with E-state index in [2.05, 4.69) is 10.6 Å². The molecule has 1 fully saturated rings. The minimum absolute atomic E-state index is 0.0392. The fraction of sp³-hybridized carbons (Fsp3) is 0.286. The number of carbonyl (C=O) groups excluding carboxylic acids is 2. The average Bonchev–Trinajstić information content (AvgIpc) is 2.69. The van der Waals surface area contributed by atoms with Crippen LogP contribution in [0.2, 0.25) is 0 Å². The molecule has 1 aliphatic heterocycles. The van der Waals surface area contributed by atoms with E-state index in [1.54, 1.807) is 12.1 Å². The zero-order valence-electron chi connectivity index (χ0n) is 15.1. The van der Waals surface area contributed by atoms with E-state index in [4.69, 9.17) is 12.2 Å². The van der Waals surface area contributed by atoms with Crippen LogP contribution in [0.3, 0.4) is 0 Å². The van der Waals surface area contributed by atoms with E-state index in [-0.39, 0.29) is 23.3 Å². The lowest BCUT2D eigenvalue weighted by Gasteiger charge is -2.26. The van der Waals surface area contributed by atoms with Gasteiger partial charge in [0.25, 0.3) is 5.91 Å². The Morgan fingerprint density at radius 3 is 2.44 bits per heavy atom. The molecule has 0 atom stereocenters. The Morgan fingerprint density at radius 1 is 0.963 bits per heavy atom. The second kappa shape index (κ2) is 9.28. The molecule has 0 spiro atoms. The van der Waals surface area contributed by atoms with Crippen LogP contribution in [0.15, 0.2) is 54.6 Å². The molecule has 2 amide bonds. The fourth-order valence-corrected chi connectivity index (χ4v) is 3.36. The van der Waals surface area contributed by atoms with E-state index in [1.807, 2.05) is 47.4 Å². The van der Waals surface area contributed by atoms with Crippen molar-refractivity contribution in [2.45, 2.75) is 25.7 Å². The van der Waals surface area contributed by atoms with Gasteiger partial charge in [-0.05, 0) is 55.2 Å². The third-order valence-electron chi connectivity index (χ3n) is 4.47. The number of anilines is 1. The minimum atomic E-state index is -0.181. The molecule has 1 saturated heterocycles. The molecule has 0 aromatic heterocycles. The quantitative estimate of drug-likeness (QED) is 0.797. The zero-order chi connectivity index (χ0) is 19.1. The van der Waals surface area contributed by atoms with Crippen molar-refractivity contribution in [1.82, 2.24) is 10.2 Å². The summed E-state index contributed by atoms with van der Waals surface area (Å²) in [5, 5.41) is 5.88. The van der Waals surface area contributed by atoms with Crippen molar-refractivity contribution in [3.63, 3.8) is 0 Å². The number of benzene rings is 2. The number of hydrogen-bond acceptors (Lipinski definition) is 3. The summed E-state index contributed by atoms with van der Waals surface area (Å²) >= 11 is 5.22. The number of amides is 2. The number of hydrogen-bond donors (Lipinski definition) is 2. The molecule has 2 N–H and O–H groups in total. The number of carbonyl (C=O) groups is 2. The van der Waals surface area contributed by atoms with Gasteiger partial charge in [0, 0.05) is 24.3 Å². The predicted octanol–water partition coefficient (Wildman–Crippen LogP) is 3.37. The first kappa shape index (κ1) is 19.0. The van der Waals surface area contributed by atoms with E-state index < -0.39 is 0 Å². The summed E-state index contributed by atoms with van der Waals surface area (Å²) in [7, 11) is 0. The van der Waals surface area contributed by atoms with E-state index in [0.717, 1.165) is 31.5 Å². The summed E-state index contributed by atoms with van der Waals surface area (Å²) in [4.78, 5) is 26.6. The number of nitrogens with one attached hydrogen (secondary N) is 2. The van der Waals surface area contributed by atoms with Crippen LogP contribution in [0.25, 0.3) is 0 Å². The number of thiocarbonyl (C=S) groups is 1. The van der Waals surface area contributed by atoms with Crippen molar-refractivity contribution >= 4 is 34.8 Å². The van der Waals surface area contributed by atoms with Crippen molar-refractivity contribution in [3.8, 4) is 0 Å². The van der Waals surface area contributed by atoms with Crippen LogP contribution in [0.4, 0.5) is 5.69 Å². The molecule has 0 saturated carbocycles. The molecule has 0 unspecified atom stereocenters. The van der Waals surface area contributed by atoms with Gasteiger partial charge < -0.3 is 15.5 Å². The van der Waals surface area contributed by atoms with Gasteiger partial charge in [-0.1, -0.05) is 36.4 Å². The SMILES string of the molecule is O=C(Cc1ccccc1)NC(=S)Nc1cccc(C(=O)N2CCCCC2)c1. The fourth-order valence-electron chi connectivity index (χ4n) is 3.12. The van der Waals surface area contributed by atoms with Gasteiger partial charge in [0.05, 0.1) is 6.42 Å². The molecule has 2 aromatic rings. The zero-order valence-corrected chi connectivity index (χ0v) is 15.9. The Hall–Kier alpha value is -2.73. The third-order valence-corrected chi connectivity index (χ3v) is 4.68. The van der Waals surface area contributed by atoms with Crippen LogP contribution in [-0.4, -0.2) is 34.9 Å². The number of nitrogens with zero attached hydrogens (tertiary/aromatic N) is 1. The first-order chi connectivity index (χ1) is 13.1. The minimum Gasteiger partial charge on any atom is -0.339 e. The van der Waals surface area contributed by atoms with Crippen molar-refractivity contribution in [3.05, 3.63) is 65.7 Å². The second-order valence-corrected chi connectivity index (χ2v) is 7.01. The molecule has 1 heterocycles. The lowest BCUT2D eigenvalue weighted by atomic mass is 10.1. The van der Waals surface area contributed by atoms with Gasteiger partial charge in [0.2, 0.25) is 5.91 Å². The first-order valence-corrected chi connectivity index (χ1v) is 9.57. The van der Waals surface area contributed by atoms with Gasteiger partial charge in [-0.2, -0.15) is 0 Å². The van der Waals surface area contributed by atoms with Crippen molar-refractivity contribution < 1.29 is 9.59 Å². The highest BCUT2D eigenvalue weighted by atomic mass is 32.1. The molecule has 0 aliphatic carbocycles. The van der Waals surface area contributed by atoms with Crippen LogP contribution >= 0.6 is 12.2 Å². The van der Waals surface area contributed by atoms with Crippen molar-refractivity contribution in [2.75, 3.05) is 18.4 Å². The van der Waals surface area contributed by atoms with Gasteiger partial charge in [0.1, 0.15) is 0 Å². The Bertz CT molecular complexity index is 817. The van der Waals surface area contributed by atoms with Gasteiger partial charge >= 0.3 is 0 Å². The Labute approximate surface area is 164 Å². The van der Waals surface area contributed by atoms with E-state index in [1.165, 1.54) is 6.42 Å². The van der Waals surface area contributed by atoms with Gasteiger partial charge in [0.15, 0.2) is 5.11 Å². The Morgan fingerprint density at radius 2 is 1.70 bits per heavy atom. The standard InChI is InChI=1S/C21H23N3O2S/c25-19(14-16-8-3-1-4-9-16)23-21(27)22-18-11-7-10-17(15-18)20(26)24-12-5-2-6-13-24/h1,3-4,7-11,15H,2,5-6,12-14H2,(H2,22,23,25,27). The normalized spacial score (nSPS) is 13.7. The van der Waals surface area contributed by atoms with E-state index in [9.17, 15) is 9.59 Å². The van der Waals surface area contributed by atoms with Crippen LogP contribution in [0.5, 0.6) is 0 Å².